The molecule has 2 rings (SSSR count). The first-order valence-corrected chi connectivity index (χ1v) is 10.1. The highest BCUT2D eigenvalue weighted by Gasteiger charge is 2.16. The van der Waals surface area contributed by atoms with Crippen molar-refractivity contribution in [3.05, 3.63) is 53.6 Å². The van der Waals surface area contributed by atoms with Crippen LogP contribution in [0.25, 0.3) is 0 Å². The van der Waals surface area contributed by atoms with E-state index in [1.807, 2.05) is 18.4 Å². The van der Waals surface area contributed by atoms with E-state index in [0.717, 1.165) is 4.90 Å². The van der Waals surface area contributed by atoms with Gasteiger partial charge in [0.1, 0.15) is 0 Å². The maximum atomic E-state index is 12.2. The van der Waals surface area contributed by atoms with Gasteiger partial charge in [-0.1, -0.05) is 11.6 Å². The van der Waals surface area contributed by atoms with Gasteiger partial charge in [-0.25, -0.2) is 8.42 Å². The lowest BCUT2D eigenvalue weighted by Crippen LogP contribution is -2.17. The Labute approximate surface area is 145 Å². The Morgan fingerprint density at radius 2 is 1.70 bits per heavy atom. The molecule has 4 nitrogen and oxygen atoms in total. The molecular formula is C16H16ClNO3S2. The molecular weight excluding hydrogens is 354 g/mol. The standard InChI is InChI=1S/C16H16ClNO3S2/c1-22-14-6-4-13(5-7-14)18-16(19)10-11-23(20,21)15-8-2-12(17)3-9-15/h2-9H,10-11H2,1H3,(H,18,19). The van der Waals surface area contributed by atoms with Gasteiger partial charge in [0.2, 0.25) is 5.91 Å². The van der Waals surface area contributed by atoms with Crippen LogP contribution >= 0.6 is 23.4 Å². The van der Waals surface area contributed by atoms with Gasteiger partial charge in [-0.2, -0.15) is 0 Å². The molecule has 0 heterocycles. The van der Waals surface area contributed by atoms with E-state index < -0.39 is 9.84 Å². The molecule has 23 heavy (non-hydrogen) atoms. The van der Waals surface area contributed by atoms with Crippen molar-refractivity contribution < 1.29 is 13.2 Å². The normalized spacial score (nSPS) is 11.2. The van der Waals surface area contributed by atoms with Crippen LogP contribution in [-0.2, 0) is 14.6 Å². The molecule has 0 aromatic heterocycles. The Morgan fingerprint density at radius 3 is 2.26 bits per heavy atom. The number of hydrogen-bond donors (Lipinski definition) is 1. The minimum Gasteiger partial charge on any atom is -0.326 e. The molecule has 0 spiro atoms. The highest BCUT2D eigenvalue weighted by Crippen LogP contribution is 2.18. The van der Waals surface area contributed by atoms with Crippen LogP contribution in [0.4, 0.5) is 5.69 Å². The first-order chi connectivity index (χ1) is 10.9. The monoisotopic (exact) mass is 369 g/mol. The van der Waals surface area contributed by atoms with E-state index in [1.54, 1.807) is 23.9 Å². The predicted octanol–water partition coefficient (Wildman–Crippen LogP) is 3.86. The quantitative estimate of drug-likeness (QED) is 0.785. The Bertz CT molecular complexity index is 772. The van der Waals surface area contributed by atoms with Crippen molar-refractivity contribution in [1.29, 1.82) is 0 Å². The van der Waals surface area contributed by atoms with Crippen LogP contribution < -0.4 is 5.32 Å². The maximum absolute atomic E-state index is 12.2. The first-order valence-electron chi connectivity index (χ1n) is 6.83. The lowest BCUT2D eigenvalue weighted by Gasteiger charge is -2.07. The highest BCUT2D eigenvalue weighted by molar-refractivity contribution is 7.98. The first kappa shape index (κ1) is 17.8. The molecule has 0 saturated heterocycles. The van der Waals surface area contributed by atoms with Gasteiger partial charge in [-0.3, -0.25) is 4.79 Å². The molecule has 122 valence electrons. The number of anilines is 1. The molecule has 0 aliphatic carbocycles. The van der Waals surface area contributed by atoms with E-state index in [0.29, 0.717) is 10.7 Å². The molecule has 2 aromatic carbocycles. The minimum absolute atomic E-state index is 0.102. The van der Waals surface area contributed by atoms with Crippen molar-refractivity contribution in [2.24, 2.45) is 0 Å². The Hall–Kier alpha value is -1.50. The molecule has 0 unspecified atom stereocenters. The largest absolute Gasteiger partial charge is 0.326 e. The summed E-state index contributed by atoms with van der Waals surface area (Å²) in [5, 5.41) is 3.16. The predicted molar refractivity (Wildman–Crippen MR) is 95.0 cm³/mol. The Kier molecular flexibility index (Phi) is 6.10. The molecule has 0 bridgehead atoms. The molecule has 0 fully saturated rings. The molecule has 1 amide bonds. The fourth-order valence-electron chi connectivity index (χ4n) is 1.88. The van der Waals surface area contributed by atoms with Gasteiger partial charge >= 0.3 is 0 Å². The second-order valence-electron chi connectivity index (χ2n) is 4.80. The molecule has 1 N–H and O–H groups in total. The van der Waals surface area contributed by atoms with E-state index in [4.69, 9.17) is 11.6 Å². The second-order valence-corrected chi connectivity index (χ2v) is 8.22. The van der Waals surface area contributed by atoms with Gasteiger partial charge in [0.25, 0.3) is 0 Å². The van der Waals surface area contributed by atoms with Crippen LogP contribution in [0.5, 0.6) is 0 Å². The van der Waals surface area contributed by atoms with Crippen molar-refractivity contribution >= 4 is 44.8 Å². The van der Waals surface area contributed by atoms with Crippen LogP contribution in [0.3, 0.4) is 0 Å². The smallest absolute Gasteiger partial charge is 0.225 e. The van der Waals surface area contributed by atoms with Gasteiger partial charge in [0.15, 0.2) is 9.84 Å². The number of sulfone groups is 1. The summed E-state index contributed by atoms with van der Waals surface area (Å²) >= 11 is 7.35. The van der Waals surface area contributed by atoms with E-state index >= 15 is 0 Å². The van der Waals surface area contributed by atoms with Crippen LogP contribution in [0, 0.1) is 0 Å². The zero-order valence-corrected chi connectivity index (χ0v) is 14.8. The summed E-state index contributed by atoms with van der Waals surface area (Å²) in [5.74, 6) is -0.581. The third-order valence-electron chi connectivity index (χ3n) is 3.14. The number of halogens is 1. The van der Waals surface area contributed by atoms with Crippen LogP contribution in [-0.4, -0.2) is 26.3 Å². The number of rotatable bonds is 6. The molecule has 0 atom stereocenters. The fourth-order valence-corrected chi connectivity index (χ4v) is 3.66. The van der Waals surface area contributed by atoms with E-state index in [-0.39, 0.29) is 23.0 Å². The lowest BCUT2D eigenvalue weighted by molar-refractivity contribution is -0.115. The molecule has 0 aliphatic heterocycles. The second kappa shape index (κ2) is 7.86. The summed E-state index contributed by atoms with van der Waals surface area (Å²) in [4.78, 5) is 13.2. The summed E-state index contributed by atoms with van der Waals surface area (Å²) in [6.45, 7) is 0. The lowest BCUT2D eigenvalue weighted by atomic mass is 10.3. The number of carbonyl (C=O) groups excluding carboxylic acids is 1. The van der Waals surface area contributed by atoms with Crippen LogP contribution in [0.15, 0.2) is 58.3 Å². The number of amides is 1. The Balaban J connectivity index is 1.93. The third kappa shape index (κ3) is 5.27. The van der Waals surface area contributed by atoms with Crippen LogP contribution in [0.2, 0.25) is 5.02 Å². The van der Waals surface area contributed by atoms with Crippen molar-refractivity contribution in [2.75, 3.05) is 17.3 Å². The van der Waals surface area contributed by atoms with Crippen molar-refractivity contribution in [3.63, 3.8) is 0 Å². The molecule has 2 aromatic rings. The number of carbonyl (C=O) groups is 1. The van der Waals surface area contributed by atoms with Crippen LogP contribution in [0.1, 0.15) is 6.42 Å². The van der Waals surface area contributed by atoms with Crippen molar-refractivity contribution in [3.8, 4) is 0 Å². The van der Waals surface area contributed by atoms with Gasteiger partial charge in [-0.05, 0) is 54.8 Å². The summed E-state index contributed by atoms with van der Waals surface area (Å²) in [6, 6.07) is 13.3. The minimum atomic E-state index is -3.50. The third-order valence-corrected chi connectivity index (χ3v) is 5.87. The number of nitrogens with one attached hydrogen (secondary N) is 1. The van der Waals surface area contributed by atoms with E-state index in [1.165, 1.54) is 24.3 Å². The summed E-state index contributed by atoms with van der Waals surface area (Å²) in [5.41, 5.74) is 0.650. The number of benzene rings is 2. The van der Waals surface area contributed by atoms with Gasteiger partial charge in [0.05, 0.1) is 10.6 Å². The topological polar surface area (TPSA) is 63.2 Å². The summed E-state index contributed by atoms with van der Waals surface area (Å²) in [7, 11) is -3.50. The molecule has 7 heteroatoms. The van der Waals surface area contributed by atoms with E-state index in [2.05, 4.69) is 5.32 Å². The van der Waals surface area contributed by atoms with Gasteiger partial charge < -0.3 is 5.32 Å². The van der Waals surface area contributed by atoms with Gasteiger partial charge in [0, 0.05) is 22.0 Å². The van der Waals surface area contributed by atoms with E-state index in [9.17, 15) is 13.2 Å². The van der Waals surface area contributed by atoms with Crippen molar-refractivity contribution in [1.82, 2.24) is 0 Å². The number of hydrogen-bond acceptors (Lipinski definition) is 4. The average molecular weight is 370 g/mol. The average Bonchev–Trinajstić information content (AvgIpc) is 2.54. The highest BCUT2D eigenvalue weighted by atomic mass is 35.5. The summed E-state index contributed by atoms with van der Waals surface area (Å²) < 4.78 is 24.3. The maximum Gasteiger partial charge on any atom is 0.225 e. The van der Waals surface area contributed by atoms with Crippen molar-refractivity contribution in [2.45, 2.75) is 16.2 Å². The molecule has 0 aliphatic rings. The SMILES string of the molecule is CSc1ccc(NC(=O)CCS(=O)(=O)c2ccc(Cl)cc2)cc1. The van der Waals surface area contributed by atoms with Gasteiger partial charge in [-0.15, -0.1) is 11.8 Å². The zero-order valence-electron chi connectivity index (χ0n) is 12.5. The fraction of sp³-hybridized carbons (Fsp3) is 0.188. The summed E-state index contributed by atoms with van der Waals surface area (Å²) in [6.07, 6.45) is 1.87. The number of thioether (sulfide) groups is 1. The Morgan fingerprint density at radius 1 is 1.09 bits per heavy atom. The molecule has 0 radical (unpaired) electrons. The molecule has 0 saturated carbocycles. The zero-order chi connectivity index (χ0) is 16.9.